The molecule has 3 aromatic rings. The number of primary amides is 1. The number of carbonyl (C=O) groups excluding carboxylic acids is 1. The second-order valence-electron chi connectivity index (χ2n) is 7.65. The van der Waals surface area contributed by atoms with Crippen LogP contribution in [0.2, 0.25) is 0 Å². The largest absolute Gasteiger partial charge is 0.416 e. The molecule has 29 heavy (non-hydrogen) atoms. The number of benzene rings is 1. The molecule has 8 heteroatoms. The quantitative estimate of drug-likeness (QED) is 0.697. The second kappa shape index (κ2) is 7.50. The van der Waals surface area contributed by atoms with E-state index in [4.69, 9.17) is 5.73 Å². The first-order valence-electron chi connectivity index (χ1n) is 9.60. The Morgan fingerprint density at radius 1 is 1.17 bits per heavy atom. The van der Waals surface area contributed by atoms with Crippen LogP contribution in [0.3, 0.4) is 0 Å². The number of hydrogen-bond donors (Lipinski definition) is 1. The van der Waals surface area contributed by atoms with Crippen molar-refractivity contribution in [3.05, 3.63) is 59.4 Å². The van der Waals surface area contributed by atoms with Crippen LogP contribution in [0.5, 0.6) is 0 Å². The van der Waals surface area contributed by atoms with E-state index >= 15 is 0 Å². The summed E-state index contributed by atoms with van der Waals surface area (Å²) in [4.78, 5) is 16.0. The number of halogens is 3. The van der Waals surface area contributed by atoms with Gasteiger partial charge in [0.1, 0.15) is 0 Å². The number of aromatic nitrogens is 3. The lowest BCUT2D eigenvalue weighted by atomic mass is 9.77. The Bertz CT molecular complexity index is 1000. The molecule has 1 saturated carbocycles. The van der Waals surface area contributed by atoms with Crippen LogP contribution in [-0.4, -0.2) is 20.7 Å². The van der Waals surface area contributed by atoms with E-state index in [1.165, 1.54) is 6.07 Å². The molecule has 152 valence electrons. The van der Waals surface area contributed by atoms with Gasteiger partial charge in [0.15, 0.2) is 5.65 Å². The minimum absolute atomic E-state index is 0.0207. The van der Waals surface area contributed by atoms with Crippen LogP contribution in [-0.2, 0) is 12.7 Å². The van der Waals surface area contributed by atoms with Gasteiger partial charge in [-0.15, -0.1) is 0 Å². The van der Waals surface area contributed by atoms with Gasteiger partial charge in [-0.25, -0.2) is 4.98 Å². The van der Waals surface area contributed by atoms with Gasteiger partial charge >= 0.3 is 6.18 Å². The van der Waals surface area contributed by atoms with Crippen molar-refractivity contribution in [1.82, 2.24) is 14.8 Å². The maximum Gasteiger partial charge on any atom is 0.416 e. The zero-order chi connectivity index (χ0) is 20.6. The number of hydrogen-bond acceptors (Lipinski definition) is 3. The summed E-state index contributed by atoms with van der Waals surface area (Å²) in [6.07, 6.45) is 2.62. The summed E-state index contributed by atoms with van der Waals surface area (Å²) < 4.78 is 40.8. The van der Waals surface area contributed by atoms with E-state index in [9.17, 15) is 18.0 Å². The fraction of sp³-hybridized carbons (Fsp3) is 0.381. The topological polar surface area (TPSA) is 73.8 Å². The third-order valence-electron chi connectivity index (χ3n) is 5.71. The van der Waals surface area contributed by atoms with Crippen molar-refractivity contribution >= 4 is 16.9 Å². The lowest BCUT2D eigenvalue weighted by molar-refractivity contribution is -0.137. The molecule has 0 radical (unpaired) electrons. The minimum Gasteiger partial charge on any atom is -0.366 e. The van der Waals surface area contributed by atoms with Gasteiger partial charge in [0.05, 0.1) is 5.56 Å². The highest BCUT2D eigenvalue weighted by Gasteiger charge is 2.33. The van der Waals surface area contributed by atoms with Gasteiger partial charge in [0.25, 0.3) is 0 Å². The number of nitrogens with zero attached hydrogens (tertiary/aromatic N) is 3. The first-order chi connectivity index (χ1) is 13.8. The Labute approximate surface area is 165 Å². The van der Waals surface area contributed by atoms with E-state index in [1.54, 1.807) is 6.20 Å². The molecule has 1 fully saturated rings. The molecule has 0 saturated heterocycles. The van der Waals surface area contributed by atoms with E-state index < -0.39 is 17.6 Å². The molecule has 2 heterocycles. The fourth-order valence-corrected chi connectivity index (χ4v) is 4.22. The molecular formula is C21H21F3N4O. The van der Waals surface area contributed by atoms with Crippen LogP contribution >= 0.6 is 0 Å². The van der Waals surface area contributed by atoms with Crippen molar-refractivity contribution in [3.63, 3.8) is 0 Å². The van der Waals surface area contributed by atoms with Gasteiger partial charge in [-0.05, 0) is 67.3 Å². The smallest absolute Gasteiger partial charge is 0.366 e. The lowest BCUT2D eigenvalue weighted by Gasteiger charge is -2.29. The van der Waals surface area contributed by atoms with Gasteiger partial charge in [-0.1, -0.05) is 6.07 Å². The Kier molecular flexibility index (Phi) is 5.02. The number of alkyl halides is 3. The van der Waals surface area contributed by atoms with Crippen molar-refractivity contribution in [1.29, 1.82) is 0 Å². The lowest BCUT2D eigenvalue weighted by Crippen LogP contribution is -2.22. The third-order valence-corrected chi connectivity index (χ3v) is 5.71. The normalized spacial score (nSPS) is 20.1. The fourth-order valence-electron chi connectivity index (χ4n) is 4.22. The summed E-state index contributed by atoms with van der Waals surface area (Å²) in [6, 6.07) is 7.18. The van der Waals surface area contributed by atoms with Crippen molar-refractivity contribution in [3.8, 4) is 0 Å². The SMILES string of the molecule is NC(=O)c1cc(C(F)(F)F)ccc1C1CCC(Cn2cc3cccnc3n2)CC1. The molecule has 2 aromatic heterocycles. The Hall–Kier alpha value is -2.90. The third kappa shape index (κ3) is 4.11. The molecule has 0 unspecified atom stereocenters. The van der Waals surface area contributed by atoms with E-state index in [0.29, 0.717) is 11.5 Å². The number of nitrogens with two attached hydrogens (primary N) is 1. The van der Waals surface area contributed by atoms with Gasteiger partial charge < -0.3 is 5.73 Å². The van der Waals surface area contributed by atoms with Crippen LogP contribution in [0.1, 0.15) is 53.1 Å². The van der Waals surface area contributed by atoms with Crippen molar-refractivity contribution in [2.75, 3.05) is 0 Å². The summed E-state index contributed by atoms with van der Waals surface area (Å²) >= 11 is 0. The predicted molar refractivity (Wildman–Crippen MR) is 102 cm³/mol. The van der Waals surface area contributed by atoms with Crippen LogP contribution in [0.25, 0.3) is 11.0 Å². The molecule has 5 nitrogen and oxygen atoms in total. The van der Waals surface area contributed by atoms with E-state index in [2.05, 4.69) is 10.1 Å². The van der Waals surface area contributed by atoms with Crippen molar-refractivity contribution in [2.45, 2.75) is 44.3 Å². The molecule has 4 rings (SSSR count). The standard InChI is InChI=1S/C21H21F3N4O/c22-21(23,24)16-7-8-17(18(10-16)19(25)29)14-5-3-13(4-6-14)11-28-12-15-2-1-9-26-20(15)27-28/h1-2,7-10,12-14H,3-6,11H2,(H2,25,29). The highest BCUT2D eigenvalue weighted by Crippen LogP contribution is 2.39. The van der Waals surface area contributed by atoms with Gasteiger partial charge in [0, 0.05) is 29.9 Å². The average Bonchev–Trinajstić information content (AvgIpc) is 3.09. The zero-order valence-corrected chi connectivity index (χ0v) is 15.7. The maximum atomic E-state index is 13.0. The van der Waals surface area contributed by atoms with E-state index in [-0.39, 0.29) is 11.5 Å². The Morgan fingerprint density at radius 3 is 2.59 bits per heavy atom. The Balaban J connectivity index is 1.45. The molecule has 1 aliphatic rings. The predicted octanol–water partition coefficient (Wildman–Crippen LogP) is 4.52. The molecule has 0 aliphatic heterocycles. The molecule has 2 N–H and O–H groups in total. The first kappa shape index (κ1) is 19.4. The van der Waals surface area contributed by atoms with Crippen LogP contribution < -0.4 is 5.73 Å². The number of rotatable bonds is 4. The van der Waals surface area contributed by atoms with Crippen LogP contribution in [0.15, 0.2) is 42.7 Å². The maximum absolute atomic E-state index is 13.0. The zero-order valence-electron chi connectivity index (χ0n) is 15.7. The molecule has 1 amide bonds. The van der Waals surface area contributed by atoms with E-state index in [1.807, 2.05) is 23.0 Å². The summed E-state index contributed by atoms with van der Waals surface area (Å²) in [5.74, 6) is -0.356. The van der Waals surface area contributed by atoms with Crippen molar-refractivity contribution in [2.24, 2.45) is 11.7 Å². The van der Waals surface area contributed by atoms with Gasteiger partial charge in [-0.3, -0.25) is 9.48 Å². The highest BCUT2D eigenvalue weighted by molar-refractivity contribution is 5.94. The second-order valence-corrected chi connectivity index (χ2v) is 7.65. The highest BCUT2D eigenvalue weighted by atomic mass is 19.4. The number of carbonyl (C=O) groups is 1. The molecule has 1 aliphatic carbocycles. The average molecular weight is 402 g/mol. The summed E-state index contributed by atoms with van der Waals surface area (Å²) in [6.45, 7) is 0.777. The van der Waals surface area contributed by atoms with Crippen molar-refractivity contribution < 1.29 is 18.0 Å². The summed E-state index contributed by atoms with van der Waals surface area (Å²) in [5, 5.41) is 5.49. The van der Waals surface area contributed by atoms with Gasteiger partial charge in [-0.2, -0.15) is 18.3 Å². The van der Waals surface area contributed by atoms with Crippen LogP contribution in [0, 0.1) is 5.92 Å². The monoisotopic (exact) mass is 402 g/mol. The number of fused-ring (bicyclic) bond motifs is 1. The summed E-state index contributed by atoms with van der Waals surface area (Å²) in [5.41, 5.74) is 5.85. The molecule has 1 aromatic carbocycles. The number of amides is 1. The van der Waals surface area contributed by atoms with E-state index in [0.717, 1.165) is 55.4 Å². The Morgan fingerprint density at radius 2 is 1.93 bits per heavy atom. The minimum atomic E-state index is -4.50. The summed E-state index contributed by atoms with van der Waals surface area (Å²) in [7, 11) is 0. The first-order valence-corrected chi connectivity index (χ1v) is 9.60. The molecular weight excluding hydrogens is 381 g/mol. The van der Waals surface area contributed by atoms with Crippen LogP contribution in [0.4, 0.5) is 13.2 Å². The molecule has 0 bridgehead atoms. The van der Waals surface area contributed by atoms with Gasteiger partial charge in [0.2, 0.25) is 5.91 Å². The number of pyridine rings is 1. The molecule has 0 atom stereocenters. The molecule has 0 spiro atoms.